The Morgan fingerprint density at radius 3 is 3.00 bits per heavy atom. The molecule has 0 saturated carbocycles. The lowest BCUT2D eigenvalue weighted by molar-refractivity contribution is -0.133. The van der Waals surface area contributed by atoms with Crippen LogP contribution in [-0.2, 0) is 22.5 Å². The molecule has 1 N–H and O–H groups in total. The Morgan fingerprint density at radius 2 is 2.19 bits per heavy atom. The normalized spacial score (nSPS) is 19.6. The number of hydrogen-bond acceptors (Lipinski definition) is 6. The van der Waals surface area contributed by atoms with Crippen LogP contribution in [0.5, 0.6) is 0 Å². The lowest BCUT2D eigenvalue weighted by atomic mass is 9.94. The van der Waals surface area contributed by atoms with E-state index in [4.69, 9.17) is 21.3 Å². The molecule has 0 aliphatic carbocycles. The van der Waals surface area contributed by atoms with E-state index >= 15 is 0 Å². The van der Waals surface area contributed by atoms with E-state index in [-0.39, 0.29) is 12.0 Å². The summed E-state index contributed by atoms with van der Waals surface area (Å²) in [7, 11) is 0. The van der Waals surface area contributed by atoms with Gasteiger partial charge < -0.3 is 15.0 Å². The smallest absolute Gasteiger partial charge is 0.222 e. The second-order valence-electron chi connectivity index (χ2n) is 8.57. The topological polar surface area (TPSA) is 67.4 Å². The highest BCUT2D eigenvalue weighted by Crippen LogP contribution is 2.37. The van der Waals surface area contributed by atoms with Crippen LogP contribution in [0.2, 0.25) is 5.02 Å². The predicted molar refractivity (Wildman–Crippen MR) is 128 cm³/mol. The van der Waals surface area contributed by atoms with Gasteiger partial charge in [0, 0.05) is 47.9 Å². The quantitative estimate of drug-likeness (QED) is 0.600. The number of morpholine rings is 1. The fourth-order valence-electron chi connectivity index (χ4n) is 4.62. The van der Waals surface area contributed by atoms with Crippen LogP contribution in [0.4, 0.5) is 0 Å². The van der Waals surface area contributed by atoms with E-state index in [1.54, 1.807) is 17.7 Å². The number of benzene rings is 1. The average Bonchev–Trinajstić information content (AvgIpc) is 3.20. The van der Waals surface area contributed by atoms with Crippen molar-refractivity contribution in [1.29, 1.82) is 0 Å². The number of nitrogens with one attached hydrogen (secondary N) is 1. The first kappa shape index (κ1) is 21.8. The molecule has 8 heteroatoms. The Labute approximate surface area is 197 Å². The molecule has 168 valence electrons. The number of amides is 1. The molecule has 0 bridgehead atoms. The number of aromatic nitrogens is 2. The molecule has 1 atom stereocenters. The van der Waals surface area contributed by atoms with E-state index in [0.717, 1.165) is 77.4 Å². The van der Waals surface area contributed by atoms with Crippen LogP contribution >= 0.6 is 22.9 Å². The number of carbonyl (C=O) groups excluding carboxylic acids is 1. The first-order chi connectivity index (χ1) is 15.6. The van der Waals surface area contributed by atoms with Gasteiger partial charge in [0.25, 0.3) is 0 Å². The maximum atomic E-state index is 12.3. The van der Waals surface area contributed by atoms with Gasteiger partial charge in [-0.05, 0) is 49.1 Å². The first-order valence-electron chi connectivity index (χ1n) is 11.2. The zero-order valence-corrected chi connectivity index (χ0v) is 19.8. The summed E-state index contributed by atoms with van der Waals surface area (Å²) in [6.07, 6.45) is 5.28. The molecular formula is C24H27ClN4O2S. The molecule has 32 heavy (non-hydrogen) atoms. The van der Waals surface area contributed by atoms with Crippen molar-refractivity contribution in [3.63, 3.8) is 0 Å². The van der Waals surface area contributed by atoms with E-state index in [1.807, 2.05) is 17.0 Å². The summed E-state index contributed by atoms with van der Waals surface area (Å²) in [5.74, 6) is 0.244. The standard InChI is InChI=1S/C24H27ClN4O2S/c1-15-8-16(25)9-20(19(15)10-17-12-26-5-7-31-17)23-24-21(27-14-28-23)11-18(32-24)13-29-6-3-2-4-22(29)30/h8-9,11,14,17,26H,2-7,10,12-13H2,1H3/t17-/m0/s1. The van der Waals surface area contributed by atoms with Crippen molar-refractivity contribution in [3.8, 4) is 11.3 Å². The van der Waals surface area contributed by atoms with Gasteiger partial charge in [-0.3, -0.25) is 4.79 Å². The third-order valence-electron chi connectivity index (χ3n) is 6.26. The average molecular weight is 471 g/mol. The second-order valence-corrected chi connectivity index (χ2v) is 10.1. The van der Waals surface area contributed by atoms with Crippen LogP contribution < -0.4 is 5.32 Å². The number of aryl methyl sites for hydroxylation is 1. The van der Waals surface area contributed by atoms with Gasteiger partial charge >= 0.3 is 0 Å². The molecule has 2 saturated heterocycles. The minimum Gasteiger partial charge on any atom is -0.375 e. The minimum absolute atomic E-state index is 0.128. The predicted octanol–water partition coefficient (Wildman–Crippen LogP) is 4.36. The van der Waals surface area contributed by atoms with Crippen molar-refractivity contribution in [1.82, 2.24) is 20.2 Å². The number of halogens is 1. The Balaban J connectivity index is 1.52. The zero-order valence-electron chi connectivity index (χ0n) is 18.2. The number of nitrogens with zero attached hydrogens (tertiary/aromatic N) is 3. The van der Waals surface area contributed by atoms with E-state index < -0.39 is 0 Å². The number of thiophene rings is 1. The highest BCUT2D eigenvalue weighted by atomic mass is 35.5. The number of carbonyl (C=O) groups is 1. The molecule has 1 aromatic carbocycles. The summed E-state index contributed by atoms with van der Waals surface area (Å²) >= 11 is 8.16. The van der Waals surface area contributed by atoms with Gasteiger partial charge in [0.05, 0.1) is 35.2 Å². The summed E-state index contributed by atoms with van der Waals surface area (Å²) in [6.45, 7) is 6.04. The SMILES string of the molecule is Cc1cc(Cl)cc(-c2ncnc3cc(CN4CCCCC4=O)sc23)c1C[C@H]1CNCCO1. The number of rotatable bonds is 5. The van der Waals surface area contributed by atoms with E-state index in [9.17, 15) is 4.79 Å². The van der Waals surface area contributed by atoms with Crippen molar-refractivity contribution in [2.75, 3.05) is 26.2 Å². The molecule has 2 aromatic heterocycles. The van der Waals surface area contributed by atoms with Crippen LogP contribution in [0.1, 0.15) is 35.3 Å². The number of ether oxygens (including phenoxy) is 1. The summed E-state index contributed by atoms with van der Waals surface area (Å²) in [5, 5.41) is 4.11. The van der Waals surface area contributed by atoms with Crippen LogP contribution in [0.3, 0.4) is 0 Å². The maximum Gasteiger partial charge on any atom is 0.222 e. The van der Waals surface area contributed by atoms with Crippen LogP contribution in [0.25, 0.3) is 21.5 Å². The zero-order chi connectivity index (χ0) is 22.1. The molecule has 3 aromatic rings. The monoisotopic (exact) mass is 470 g/mol. The molecule has 2 aliphatic rings. The first-order valence-corrected chi connectivity index (χ1v) is 12.4. The van der Waals surface area contributed by atoms with E-state index in [0.29, 0.717) is 18.0 Å². The number of piperidine rings is 1. The van der Waals surface area contributed by atoms with Gasteiger partial charge in [0.15, 0.2) is 0 Å². The lowest BCUT2D eigenvalue weighted by Crippen LogP contribution is -2.39. The number of hydrogen-bond donors (Lipinski definition) is 1. The third kappa shape index (κ3) is 4.53. The van der Waals surface area contributed by atoms with Gasteiger partial charge in [-0.25, -0.2) is 9.97 Å². The molecule has 0 spiro atoms. The molecule has 1 amide bonds. The highest BCUT2D eigenvalue weighted by molar-refractivity contribution is 7.19. The molecule has 4 heterocycles. The van der Waals surface area contributed by atoms with Gasteiger partial charge in [0.2, 0.25) is 5.91 Å². The van der Waals surface area contributed by atoms with Crippen molar-refractivity contribution in [2.45, 2.75) is 45.3 Å². The Morgan fingerprint density at radius 1 is 1.28 bits per heavy atom. The van der Waals surface area contributed by atoms with Gasteiger partial charge in [-0.1, -0.05) is 11.6 Å². The fraction of sp³-hybridized carbons (Fsp3) is 0.458. The van der Waals surface area contributed by atoms with Gasteiger partial charge in [-0.15, -0.1) is 11.3 Å². The summed E-state index contributed by atoms with van der Waals surface area (Å²) in [4.78, 5) is 24.6. The van der Waals surface area contributed by atoms with Crippen LogP contribution in [0, 0.1) is 6.92 Å². The molecule has 0 unspecified atom stereocenters. The Kier molecular flexibility index (Phi) is 6.42. The van der Waals surface area contributed by atoms with Crippen molar-refractivity contribution in [2.24, 2.45) is 0 Å². The minimum atomic E-state index is 0.128. The number of fused-ring (bicyclic) bond motifs is 1. The maximum absolute atomic E-state index is 12.3. The lowest BCUT2D eigenvalue weighted by Gasteiger charge is -2.26. The van der Waals surface area contributed by atoms with E-state index in [1.165, 1.54) is 5.56 Å². The second kappa shape index (κ2) is 9.43. The Hall–Kier alpha value is -2.06. The molecule has 6 nitrogen and oxygen atoms in total. The van der Waals surface area contributed by atoms with Gasteiger partial charge in [0.1, 0.15) is 6.33 Å². The van der Waals surface area contributed by atoms with Crippen molar-refractivity contribution < 1.29 is 9.53 Å². The number of likely N-dealkylation sites (tertiary alicyclic amines) is 1. The molecule has 5 rings (SSSR count). The van der Waals surface area contributed by atoms with Crippen LogP contribution in [-0.4, -0.2) is 53.1 Å². The highest BCUT2D eigenvalue weighted by Gasteiger charge is 2.23. The fourth-order valence-corrected chi connectivity index (χ4v) is 6.03. The Bertz CT molecular complexity index is 1140. The third-order valence-corrected chi connectivity index (χ3v) is 7.59. The van der Waals surface area contributed by atoms with Crippen LogP contribution in [0.15, 0.2) is 24.5 Å². The molecule has 2 aliphatic heterocycles. The summed E-state index contributed by atoms with van der Waals surface area (Å²) in [5.41, 5.74) is 5.21. The van der Waals surface area contributed by atoms with E-state index in [2.05, 4.69) is 23.3 Å². The largest absolute Gasteiger partial charge is 0.375 e. The molecule has 2 fully saturated rings. The van der Waals surface area contributed by atoms with Crippen molar-refractivity contribution >= 4 is 39.1 Å². The van der Waals surface area contributed by atoms with Crippen molar-refractivity contribution in [3.05, 3.63) is 45.6 Å². The molecule has 0 radical (unpaired) electrons. The van der Waals surface area contributed by atoms with Gasteiger partial charge in [-0.2, -0.15) is 0 Å². The summed E-state index contributed by atoms with van der Waals surface area (Å²) < 4.78 is 7.02. The molecular weight excluding hydrogens is 444 g/mol. The summed E-state index contributed by atoms with van der Waals surface area (Å²) in [6, 6.07) is 6.12.